The summed E-state index contributed by atoms with van der Waals surface area (Å²) in [7, 11) is 0. The summed E-state index contributed by atoms with van der Waals surface area (Å²) in [6, 6.07) is 7.79. The molecule has 2 rings (SSSR count). The Labute approximate surface area is 110 Å². The fourth-order valence-corrected chi connectivity index (χ4v) is 2.12. The summed E-state index contributed by atoms with van der Waals surface area (Å²) in [4.78, 5) is 24.1. The Morgan fingerprint density at radius 2 is 2.05 bits per heavy atom. The molecule has 0 radical (unpaired) electrons. The molecule has 6 heteroatoms. The van der Waals surface area contributed by atoms with Crippen LogP contribution < -0.4 is 5.32 Å². The van der Waals surface area contributed by atoms with Gasteiger partial charge in [0, 0.05) is 12.2 Å². The number of likely N-dealkylation sites (tertiary alicyclic amines) is 1. The van der Waals surface area contributed by atoms with Crippen molar-refractivity contribution in [2.45, 2.75) is 18.9 Å². The number of nitrogens with one attached hydrogen (secondary N) is 1. The number of carboxylic acid groups (broad SMARTS) is 1. The molecule has 1 unspecified atom stereocenters. The monoisotopic (exact) mass is 259 g/mol. The number of benzene rings is 1. The van der Waals surface area contributed by atoms with Crippen molar-refractivity contribution < 1.29 is 14.7 Å². The van der Waals surface area contributed by atoms with E-state index in [4.69, 9.17) is 10.4 Å². The van der Waals surface area contributed by atoms with Gasteiger partial charge in [-0.1, -0.05) is 0 Å². The Kier molecular flexibility index (Phi) is 3.66. The van der Waals surface area contributed by atoms with Gasteiger partial charge in [-0.3, -0.25) is 9.69 Å². The molecule has 2 amide bonds. The third-order valence-electron chi connectivity index (χ3n) is 3.08. The summed E-state index contributed by atoms with van der Waals surface area (Å²) in [5, 5.41) is 20.3. The molecule has 0 bridgehead atoms. The first-order chi connectivity index (χ1) is 9.11. The zero-order valence-corrected chi connectivity index (χ0v) is 10.2. The van der Waals surface area contributed by atoms with E-state index >= 15 is 0 Å². The van der Waals surface area contributed by atoms with Crippen molar-refractivity contribution in [3.05, 3.63) is 29.8 Å². The lowest BCUT2D eigenvalue weighted by atomic mass is 10.2. The van der Waals surface area contributed by atoms with Crippen LogP contribution in [0.1, 0.15) is 18.4 Å². The van der Waals surface area contributed by atoms with Crippen molar-refractivity contribution in [1.29, 1.82) is 5.26 Å². The second-order valence-electron chi connectivity index (χ2n) is 4.31. The minimum absolute atomic E-state index is 0.329. The van der Waals surface area contributed by atoms with Gasteiger partial charge in [0.2, 0.25) is 5.91 Å². The van der Waals surface area contributed by atoms with Crippen LogP contribution in [0.2, 0.25) is 0 Å². The summed E-state index contributed by atoms with van der Waals surface area (Å²) >= 11 is 0. The SMILES string of the molecule is N#Cc1ccc(NC(=O)C2CCCN2C(=O)O)cc1. The van der Waals surface area contributed by atoms with E-state index in [0.717, 1.165) is 4.90 Å². The van der Waals surface area contributed by atoms with Gasteiger partial charge in [-0.05, 0) is 37.1 Å². The maximum absolute atomic E-state index is 12.0. The van der Waals surface area contributed by atoms with Crippen LogP contribution in [0.25, 0.3) is 0 Å². The molecule has 6 nitrogen and oxygen atoms in total. The van der Waals surface area contributed by atoms with Crippen molar-refractivity contribution >= 4 is 17.7 Å². The topological polar surface area (TPSA) is 93.4 Å². The first-order valence-electron chi connectivity index (χ1n) is 5.92. The number of carbonyl (C=O) groups excluding carboxylic acids is 1. The third kappa shape index (κ3) is 2.83. The molecule has 19 heavy (non-hydrogen) atoms. The molecule has 1 aliphatic heterocycles. The fraction of sp³-hybridized carbons (Fsp3) is 0.308. The molecule has 98 valence electrons. The largest absolute Gasteiger partial charge is 0.465 e. The Balaban J connectivity index is 2.04. The predicted octanol–water partition coefficient (Wildman–Crippen LogP) is 1.64. The van der Waals surface area contributed by atoms with Crippen LogP contribution in [0, 0.1) is 11.3 Å². The molecule has 1 heterocycles. The van der Waals surface area contributed by atoms with Gasteiger partial charge in [-0.25, -0.2) is 4.79 Å². The number of anilines is 1. The average Bonchev–Trinajstić information content (AvgIpc) is 2.89. The second-order valence-corrected chi connectivity index (χ2v) is 4.31. The number of hydrogen-bond acceptors (Lipinski definition) is 3. The van der Waals surface area contributed by atoms with Crippen molar-refractivity contribution in [3.63, 3.8) is 0 Å². The molecule has 2 N–H and O–H groups in total. The minimum atomic E-state index is -1.07. The summed E-state index contributed by atoms with van der Waals surface area (Å²) in [6.07, 6.45) is 0.157. The van der Waals surface area contributed by atoms with Gasteiger partial charge in [-0.15, -0.1) is 0 Å². The maximum atomic E-state index is 12.0. The van der Waals surface area contributed by atoms with Gasteiger partial charge in [0.25, 0.3) is 0 Å². The molecule has 0 spiro atoms. The van der Waals surface area contributed by atoms with E-state index in [1.54, 1.807) is 24.3 Å². The second kappa shape index (κ2) is 5.40. The number of carbonyl (C=O) groups is 2. The fourth-order valence-electron chi connectivity index (χ4n) is 2.12. The first kappa shape index (κ1) is 12.9. The highest BCUT2D eigenvalue weighted by Crippen LogP contribution is 2.19. The van der Waals surface area contributed by atoms with Crippen molar-refractivity contribution in [2.75, 3.05) is 11.9 Å². The average molecular weight is 259 g/mol. The summed E-state index contributed by atoms with van der Waals surface area (Å²) in [5.74, 6) is -0.329. The Morgan fingerprint density at radius 1 is 1.37 bits per heavy atom. The van der Waals surface area contributed by atoms with Crippen LogP contribution in [-0.4, -0.2) is 34.6 Å². The van der Waals surface area contributed by atoms with Crippen LogP contribution in [0.15, 0.2) is 24.3 Å². The van der Waals surface area contributed by atoms with E-state index in [9.17, 15) is 9.59 Å². The number of nitrogens with zero attached hydrogens (tertiary/aromatic N) is 2. The van der Waals surface area contributed by atoms with Gasteiger partial charge < -0.3 is 10.4 Å². The first-order valence-corrected chi connectivity index (χ1v) is 5.92. The molecule has 1 aromatic carbocycles. The standard InChI is InChI=1S/C13H13N3O3/c14-8-9-3-5-10(6-4-9)15-12(17)11-2-1-7-16(11)13(18)19/h3-6,11H,1-2,7H2,(H,15,17)(H,18,19). The number of hydrogen-bond donors (Lipinski definition) is 2. The molecule has 1 fully saturated rings. The van der Waals surface area contributed by atoms with Gasteiger partial charge in [0.05, 0.1) is 11.6 Å². The molecule has 1 aromatic rings. The molecular formula is C13H13N3O3. The lowest BCUT2D eigenvalue weighted by Gasteiger charge is -2.20. The van der Waals surface area contributed by atoms with Crippen molar-refractivity contribution in [2.24, 2.45) is 0 Å². The highest BCUT2D eigenvalue weighted by atomic mass is 16.4. The Morgan fingerprint density at radius 3 is 2.63 bits per heavy atom. The highest BCUT2D eigenvalue weighted by Gasteiger charge is 2.33. The zero-order chi connectivity index (χ0) is 13.8. The third-order valence-corrected chi connectivity index (χ3v) is 3.08. The summed E-state index contributed by atoms with van der Waals surface area (Å²) in [5.41, 5.74) is 1.06. The van der Waals surface area contributed by atoms with Crippen LogP contribution in [0.3, 0.4) is 0 Å². The molecule has 1 aliphatic rings. The lowest BCUT2D eigenvalue weighted by Crippen LogP contribution is -2.42. The molecule has 0 aromatic heterocycles. The van der Waals surface area contributed by atoms with E-state index in [2.05, 4.69) is 5.32 Å². The Bertz CT molecular complexity index is 533. The van der Waals surface area contributed by atoms with E-state index in [1.807, 2.05) is 6.07 Å². The smallest absolute Gasteiger partial charge is 0.407 e. The van der Waals surface area contributed by atoms with Crippen LogP contribution in [0.4, 0.5) is 10.5 Å². The zero-order valence-electron chi connectivity index (χ0n) is 10.2. The molecule has 0 aliphatic carbocycles. The van der Waals surface area contributed by atoms with Gasteiger partial charge >= 0.3 is 6.09 Å². The Hall–Kier alpha value is -2.55. The summed E-state index contributed by atoms with van der Waals surface area (Å²) in [6.45, 7) is 0.390. The highest BCUT2D eigenvalue weighted by molar-refractivity contribution is 5.96. The number of nitriles is 1. The molecule has 0 saturated carbocycles. The van der Waals surface area contributed by atoms with Crippen molar-refractivity contribution in [3.8, 4) is 6.07 Å². The van der Waals surface area contributed by atoms with Gasteiger partial charge in [0.15, 0.2) is 0 Å². The predicted molar refractivity (Wildman–Crippen MR) is 67.5 cm³/mol. The van der Waals surface area contributed by atoms with E-state index in [0.29, 0.717) is 30.6 Å². The van der Waals surface area contributed by atoms with E-state index < -0.39 is 12.1 Å². The van der Waals surface area contributed by atoms with Crippen molar-refractivity contribution in [1.82, 2.24) is 4.90 Å². The quantitative estimate of drug-likeness (QED) is 0.844. The molecule has 1 saturated heterocycles. The van der Waals surface area contributed by atoms with Crippen LogP contribution in [-0.2, 0) is 4.79 Å². The van der Waals surface area contributed by atoms with Crippen LogP contribution in [0.5, 0.6) is 0 Å². The lowest BCUT2D eigenvalue weighted by molar-refractivity contribution is -0.119. The van der Waals surface area contributed by atoms with Gasteiger partial charge in [0.1, 0.15) is 6.04 Å². The number of rotatable bonds is 2. The van der Waals surface area contributed by atoms with Crippen LogP contribution >= 0.6 is 0 Å². The summed E-state index contributed by atoms with van der Waals surface area (Å²) < 4.78 is 0. The maximum Gasteiger partial charge on any atom is 0.407 e. The van der Waals surface area contributed by atoms with E-state index in [1.165, 1.54) is 0 Å². The van der Waals surface area contributed by atoms with E-state index in [-0.39, 0.29) is 5.91 Å². The number of amides is 2. The minimum Gasteiger partial charge on any atom is -0.465 e. The molecular weight excluding hydrogens is 246 g/mol. The van der Waals surface area contributed by atoms with Gasteiger partial charge in [-0.2, -0.15) is 5.26 Å². The normalized spacial score (nSPS) is 17.8. The molecule has 1 atom stereocenters.